The highest BCUT2D eigenvalue weighted by molar-refractivity contribution is 6.30. The van der Waals surface area contributed by atoms with Crippen molar-refractivity contribution >= 4 is 28.4 Å². The van der Waals surface area contributed by atoms with Crippen LogP contribution in [0, 0.1) is 11.8 Å². The lowest BCUT2D eigenvalue weighted by Crippen LogP contribution is -2.35. The number of nitrogens with one attached hydrogen (secondary N) is 1. The zero-order valence-corrected chi connectivity index (χ0v) is 22.8. The molecule has 0 bridgehead atoms. The van der Waals surface area contributed by atoms with Crippen molar-refractivity contribution in [3.05, 3.63) is 63.8 Å². The maximum atomic E-state index is 13.0. The molecule has 0 radical (unpaired) electrons. The molecule has 3 fully saturated rings. The zero-order chi connectivity index (χ0) is 27.0. The number of carbonyl (C=O) groups excluding carboxylic acids is 1. The summed E-state index contributed by atoms with van der Waals surface area (Å²) in [5.74, 6) is 0.124. The van der Waals surface area contributed by atoms with Gasteiger partial charge >= 0.3 is 0 Å². The topological polar surface area (TPSA) is 108 Å². The fourth-order valence-corrected chi connectivity index (χ4v) is 6.02. The van der Waals surface area contributed by atoms with Crippen molar-refractivity contribution < 1.29 is 19.7 Å². The van der Waals surface area contributed by atoms with Gasteiger partial charge in [0.25, 0.3) is 5.91 Å². The maximum Gasteiger partial charge on any atom is 0.275 e. The van der Waals surface area contributed by atoms with Crippen LogP contribution in [-0.2, 0) is 24.2 Å². The number of amides is 1. The van der Waals surface area contributed by atoms with Crippen molar-refractivity contribution in [2.45, 2.75) is 57.2 Å². The first-order valence-corrected chi connectivity index (χ1v) is 14.3. The lowest BCUT2D eigenvalue weighted by Gasteiger charge is -2.29. The average Bonchev–Trinajstić information content (AvgIpc) is 3.85. The van der Waals surface area contributed by atoms with E-state index < -0.39 is 11.5 Å². The Bertz CT molecular complexity index is 1340. The van der Waals surface area contributed by atoms with E-state index in [1.807, 2.05) is 18.2 Å². The SMILES string of the molecule is O=C(NCc1ccc(Cl)cc1)c1nnc2c(CCC(O)(C3CC3)C3CC3)cc(CN3CCOCC3)cc2c1O. The van der Waals surface area contributed by atoms with E-state index in [-0.39, 0.29) is 18.0 Å². The summed E-state index contributed by atoms with van der Waals surface area (Å²) in [6.45, 7) is 4.07. The first kappa shape index (κ1) is 26.4. The van der Waals surface area contributed by atoms with Gasteiger partial charge in [-0.2, -0.15) is 0 Å². The summed E-state index contributed by atoms with van der Waals surface area (Å²) in [5, 5.41) is 35.3. The van der Waals surface area contributed by atoms with Gasteiger partial charge in [0.1, 0.15) is 0 Å². The number of carbonyl (C=O) groups is 1. The number of benzene rings is 2. The minimum absolute atomic E-state index is 0.0987. The molecule has 39 heavy (non-hydrogen) atoms. The molecule has 3 aliphatic rings. The molecule has 3 aromatic rings. The minimum atomic E-state index is -0.622. The number of hydrogen-bond acceptors (Lipinski definition) is 7. The number of nitrogens with zero attached hydrogens (tertiary/aromatic N) is 3. The van der Waals surface area contributed by atoms with Crippen molar-refractivity contribution in [2.75, 3.05) is 26.3 Å². The Labute approximate surface area is 233 Å². The molecule has 2 aromatic carbocycles. The first-order valence-electron chi connectivity index (χ1n) is 14.0. The fourth-order valence-electron chi connectivity index (χ4n) is 5.90. The monoisotopic (exact) mass is 550 g/mol. The predicted octanol–water partition coefficient (Wildman–Crippen LogP) is 4.23. The van der Waals surface area contributed by atoms with E-state index in [2.05, 4.69) is 26.5 Å². The Hall–Kier alpha value is -2.78. The van der Waals surface area contributed by atoms with Gasteiger partial charge in [0, 0.05) is 36.6 Å². The van der Waals surface area contributed by atoms with Crippen LogP contribution in [0.5, 0.6) is 5.75 Å². The third-order valence-corrected chi connectivity index (χ3v) is 8.68. The molecule has 1 amide bonds. The van der Waals surface area contributed by atoms with Crippen molar-refractivity contribution in [1.29, 1.82) is 0 Å². The van der Waals surface area contributed by atoms with Crippen LogP contribution in [0.25, 0.3) is 10.9 Å². The van der Waals surface area contributed by atoms with Gasteiger partial charge in [0.2, 0.25) is 0 Å². The Morgan fingerprint density at radius 2 is 1.74 bits per heavy atom. The second-order valence-electron chi connectivity index (χ2n) is 11.3. The molecule has 0 atom stereocenters. The highest BCUT2D eigenvalue weighted by Gasteiger charge is 2.52. The number of halogens is 1. The summed E-state index contributed by atoms with van der Waals surface area (Å²) in [4.78, 5) is 15.3. The van der Waals surface area contributed by atoms with Crippen LogP contribution in [0.1, 0.15) is 59.3 Å². The smallest absolute Gasteiger partial charge is 0.275 e. The second-order valence-corrected chi connectivity index (χ2v) is 11.7. The fraction of sp³-hybridized carbons (Fsp3) is 0.500. The minimum Gasteiger partial charge on any atom is -0.505 e. The number of aliphatic hydroxyl groups is 1. The lowest BCUT2D eigenvalue weighted by molar-refractivity contribution is -0.0126. The molecule has 1 aliphatic heterocycles. The Morgan fingerprint density at radius 1 is 1.05 bits per heavy atom. The van der Waals surface area contributed by atoms with Gasteiger partial charge in [-0.05, 0) is 85.3 Å². The van der Waals surface area contributed by atoms with Crippen molar-refractivity contribution in [3.63, 3.8) is 0 Å². The van der Waals surface area contributed by atoms with Crippen LogP contribution in [0.15, 0.2) is 36.4 Å². The van der Waals surface area contributed by atoms with Gasteiger partial charge < -0.3 is 20.3 Å². The van der Waals surface area contributed by atoms with E-state index in [0.29, 0.717) is 60.4 Å². The van der Waals surface area contributed by atoms with Crippen LogP contribution in [0.4, 0.5) is 0 Å². The van der Waals surface area contributed by atoms with Crippen molar-refractivity contribution in [1.82, 2.24) is 20.4 Å². The summed E-state index contributed by atoms with van der Waals surface area (Å²) < 4.78 is 5.51. The zero-order valence-electron chi connectivity index (χ0n) is 22.0. The van der Waals surface area contributed by atoms with Crippen molar-refractivity contribution in [2.24, 2.45) is 11.8 Å². The Kier molecular flexibility index (Phi) is 7.46. The number of aromatic nitrogens is 2. The largest absolute Gasteiger partial charge is 0.505 e. The van der Waals surface area contributed by atoms with Gasteiger partial charge in [-0.25, -0.2) is 0 Å². The number of morpholine rings is 1. The summed E-state index contributed by atoms with van der Waals surface area (Å²) in [6.07, 6.45) is 5.71. The highest BCUT2D eigenvalue weighted by Crippen LogP contribution is 2.54. The molecule has 0 unspecified atom stereocenters. The first-order chi connectivity index (χ1) is 18.9. The average molecular weight is 551 g/mol. The molecule has 2 aliphatic carbocycles. The number of ether oxygens (including phenoxy) is 1. The predicted molar refractivity (Wildman–Crippen MR) is 149 cm³/mol. The molecule has 0 spiro atoms. The van der Waals surface area contributed by atoms with Crippen LogP contribution in [0.2, 0.25) is 5.02 Å². The van der Waals surface area contributed by atoms with Gasteiger partial charge in [-0.3, -0.25) is 9.69 Å². The lowest BCUT2D eigenvalue weighted by atomic mass is 9.85. The second kappa shape index (κ2) is 11.0. The van der Waals surface area contributed by atoms with Gasteiger partial charge in [0.05, 0.1) is 24.3 Å². The normalized spacial score (nSPS) is 18.4. The van der Waals surface area contributed by atoms with E-state index in [0.717, 1.165) is 55.5 Å². The molecule has 9 heteroatoms. The summed E-state index contributed by atoms with van der Waals surface area (Å²) in [6, 6.07) is 11.3. The molecule has 2 heterocycles. The summed E-state index contributed by atoms with van der Waals surface area (Å²) >= 11 is 5.96. The molecular weight excluding hydrogens is 516 g/mol. The van der Waals surface area contributed by atoms with Crippen LogP contribution in [-0.4, -0.2) is 63.1 Å². The number of aryl methyl sites for hydroxylation is 1. The number of hydrogen-bond donors (Lipinski definition) is 3. The van der Waals surface area contributed by atoms with Gasteiger partial charge in [-0.1, -0.05) is 29.8 Å². The van der Waals surface area contributed by atoms with E-state index >= 15 is 0 Å². The summed E-state index contributed by atoms with van der Waals surface area (Å²) in [7, 11) is 0. The van der Waals surface area contributed by atoms with Gasteiger partial charge in [0.15, 0.2) is 11.4 Å². The quantitative estimate of drug-likeness (QED) is 0.346. The molecule has 1 aromatic heterocycles. The number of fused-ring (bicyclic) bond motifs is 1. The molecular formula is C30H35ClN4O4. The van der Waals surface area contributed by atoms with Crippen LogP contribution in [0.3, 0.4) is 0 Å². The molecule has 3 N–H and O–H groups in total. The highest BCUT2D eigenvalue weighted by atomic mass is 35.5. The molecule has 1 saturated heterocycles. The summed E-state index contributed by atoms with van der Waals surface area (Å²) in [5.41, 5.74) is 2.74. The number of rotatable bonds is 10. The van der Waals surface area contributed by atoms with Crippen LogP contribution >= 0.6 is 11.6 Å². The third kappa shape index (κ3) is 5.89. The van der Waals surface area contributed by atoms with Gasteiger partial charge in [-0.15, -0.1) is 10.2 Å². The number of aromatic hydroxyl groups is 1. The molecule has 206 valence electrons. The van der Waals surface area contributed by atoms with Crippen molar-refractivity contribution in [3.8, 4) is 5.75 Å². The Morgan fingerprint density at radius 3 is 2.41 bits per heavy atom. The van der Waals surface area contributed by atoms with E-state index in [4.69, 9.17) is 16.3 Å². The van der Waals surface area contributed by atoms with E-state index in [1.54, 1.807) is 12.1 Å². The maximum absolute atomic E-state index is 13.0. The van der Waals surface area contributed by atoms with E-state index in [1.165, 1.54) is 0 Å². The Balaban J connectivity index is 1.28. The molecule has 8 nitrogen and oxygen atoms in total. The molecule has 6 rings (SSSR count). The molecule has 2 saturated carbocycles. The standard InChI is InChI=1S/C30H35ClN4O4/c31-24-7-1-19(2-8-24)17-32-29(37)27-28(36)25-16-20(18-35-11-13-39-14-12-35)15-21(26(25)33-34-27)9-10-30(38,22-3-4-22)23-5-6-23/h1-2,7-8,15-16,22-23,38H,3-6,9-14,17-18H2,(H,32,37)(H,33,36). The van der Waals surface area contributed by atoms with Crippen LogP contribution < -0.4 is 5.32 Å². The van der Waals surface area contributed by atoms with E-state index in [9.17, 15) is 15.0 Å². The third-order valence-electron chi connectivity index (χ3n) is 8.43.